The Labute approximate surface area is 116 Å². The SMILES string of the molecule is CCC1CN(C(CN)c2ccncc2)CCN1CC. The summed E-state index contributed by atoms with van der Waals surface area (Å²) in [4.78, 5) is 9.21. The van der Waals surface area contributed by atoms with Gasteiger partial charge >= 0.3 is 0 Å². The minimum atomic E-state index is 0.330. The van der Waals surface area contributed by atoms with E-state index < -0.39 is 0 Å². The van der Waals surface area contributed by atoms with E-state index in [1.807, 2.05) is 12.4 Å². The van der Waals surface area contributed by atoms with Crippen LogP contribution in [0.15, 0.2) is 24.5 Å². The molecule has 0 amide bonds. The standard InChI is InChI=1S/C15H26N4/c1-3-14-12-19(10-9-18(14)4-2)15(11-16)13-5-7-17-8-6-13/h5-8,14-15H,3-4,9-12,16H2,1-2H3. The summed E-state index contributed by atoms with van der Waals surface area (Å²) in [6.07, 6.45) is 4.92. The molecule has 2 N–H and O–H groups in total. The molecule has 0 saturated carbocycles. The number of piperazine rings is 1. The third kappa shape index (κ3) is 3.32. The quantitative estimate of drug-likeness (QED) is 0.873. The van der Waals surface area contributed by atoms with E-state index >= 15 is 0 Å². The molecule has 1 aromatic rings. The lowest BCUT2D eigenvalue weighted by Gasteiger charge is -2.44. The molecule has 2 heterocycles. The van der Waals surface area contributed by atoms with Gasteiger partial charge < -0.3 is 5.73 Å². The molecule has 1 aliphatic heterocycles. The van der Waals surface area contributed by atoms with Crippen LogP contribution in [-0.2, 0) is 0 Å². The van der Waals surface area contributed by atoms with Gasteiger partial charge in [0, 0.05) is 50.7 Å². The summed E-state index contributed by atoms with van der Waals surface area (Å²) < 4.78 is 0. The molecular weight excluding hydrogens is 236 g/mol. The van der Waals surface area contributed by atoms with E-state index in [9.17, 15) is 0 Å². The largest absolute Gasteiger partial charge is 0.329 e. The maximum absolute atomic E-state index is 6.01. The van der Waals surface area contributed by atoms with Crippen LogP contribution in [0.3, 0.4) is 0 Å². The minimum absolute atomic E-state index is 0.330. The highest BCUT2D eigenvalue weighted by atomic mass is 15.3. The topological polar surface area (TPSA) is 45.4 Å². The molecule has 4 heteroatoms. The molecule has 19 heavy (non-hydrogen) atoms. The summed E-state index contributed by atoms with van der Waals surface area (Å²) in [6, 6.07) is 5.17. The van der Waals surface area contributed by atoms with E-state index in [0.29, 0.717) is 18.6 Å². The zero-order valence-corrected chi connectivity index (χ0v) is 12.1. The summed E-state index contributed by atoms with van der Waals surface area (Å²) in [5, 5.41) is 0. The van der Waals surface area contributed by atoms with Crippen LogP contribution in [-0.4, -0.2) is 53.5 Å². The second kappa shape index (κ2) is 6.98. The van der Waals surface area contributed by atoms with Crippen LogP contribution in [0.2, 0.25) is 0 Å². The molecule has 0 aromatic carbocycles. The molecule has 0 aliphatic carbocycles. The van der Waals surface area contributed by atoms with Gasteiger partial charge in [-0.25, -0.2) is 0 Å². The fourth-order valence-electron chi connectivity index (χ4n) is 3.09. The number of pyridine rings is 1. The van der Waals surface area contributed by atoms with E-state index in [4.69, 9.17) is 5.73 Å². The number of likely N-dealkylation sites (N-methyl/N-ethyl adjacent to an activating group) is 1. The predicted molar refractivity (Wildman–Crippen MR) is 78.9 cm³/mol. The second-order valence-corrected chi connectivity index (χ2v) is 5.22. The fourth-order valence-corrected chi connectivity index (χ4v) is 3.09. The zero-order chi connectivity index (χ0) is 13.7. The predicted octanol–water partition coefficient (Wildman–Crippen LogP) is 1.50. The van der Waals surface area contributed by atoms with Gasteiger partial charge in [-0.05, 0) is 30.7 Å². The number of hydrogen-bond donors (Lipinski definition) is 1. The first-order chi connectivity index (χ1) is 9.30. The fraction of sp³-hybridized carbons (Fsp3) is 0.667. The van der Waals surface area contributed by atoms with Gasteiger partial charge in [0.1, 0.15) is 0 Å². The Kier molecular flexibility index (Phi) is 5.31. The lowest BCUT2D eigenvalue weighted by Crippen LogP contribution is -2.54. The number of nitrogens with two attached hydrogens (primary N) is 1. The van der Waals surface area contributed by atoms with Crippen LogP contribution in [0, 0.1) is 0 Å². The zero-order valence-electron chi connectivity index (χ0n) is 12.1. The van der Waals surface area contributed by atoms with Crippen molar-refractivity contribution in [1.29, 1.82) is 0 Å². The normalized spacial score (nSPS) is 23.4. The molecule has 106 valence electrons. The van der Waals surface area contributed by atoms with E-state index in [1.54, 1.807) is 0 Å². The highest BCUT2D eigenvalue weighted by Crippen LogP contribution is 2.23. The molecular formula is C15H26N4. The average Bonchev–Trinajstić information content (AvgIpc) is 2.49. The third-order valence-electron chi connectivity index (χ3n) is 4.27. The Morgan fingerprint density at radius 2 is 2.05 bits per heavy atom. The van der Waals surface area contributed by atoms with E-state index in [0.717, 1.165) is 26.2 Å². The van der Waals surface area contributed by atoms with Crippen LogP contribution in [0.1, 0.15) is 31.9 Å². The molecule has 2 rings (SSSR count). The summed E-state index contributed by atoms with van der Waals surface area (Å²) in [6.45, 7) is 9.73. The van der Waals surface area contributed by atoms with Crippen molar-refractivity contribution >= 4 is 0 Å². The third-order valence-corrected chi connectivity index (χ3v) is 4.27. The van der Waals surface area contributed by atoms with Crippen molar-refractivity contribution in [2.24, 2.45) is 5.73 Å². The van der Waals surface area contributed by atoms with Crippen LogP contribution < -0.4 is 5.73 Å². The number of nitrogens with zero attached hydrogens (tertiary/aromatic N) is 3. The van der Waals surface area contributed by atoms with Gasteiger partial charge in [-0.3, -0.25) is 14.8 Å². The average molecular weight is 262 g/mol. The van der Waals surface area contributed by atoms with Gasteiger partial charge in [0.05, 0.1) is 0 Å². The molecule has 1 fully saturated rings. The molecule has 0 bridgehead atoms. The highest BCUT2D eigenvalue weighted by molar-refractivity contribution is 5.16. The van der Waals surface area contributed by atoms with Crippen LogP contribution in [0.4, 0.5) is 0 Å². The van der Waals surface area contributed by atoms with Crippen molar-refractivity contribution in [2.45, 2.75) is 32.4 Å². The Bertz CT molecular complexity index is 368. The first kappa shape index (κ1) is 14.4. The van der Waals surface area contributed by atoms with Gasteiger partial charge in [-0.15, -0.1) is 0 Å². The minimum Gasteiger partial charge on any atom is -0.329 e. The monoisotopic (exact) mass is 262 g/mol. The van der Waals surface area contributed by atoms with Crippen molar-refractivity contribution < 1.29 is 0 Å². The number of aromatic nitrogens is 1. The lowest BCUT2D eigenvalue weighted by atomic mass is 10.0. The summed E-state index contributed by atoms with van der Waals surface area (Å²) in [5.41, 5.74) is 7.30. The van der Waals surface area contributed by atoms with Crippen molar-refractivity contribution in [1.82, 2.24) is 14.8 Å². The summed E-state index contributed by atoms with van der Waals surface area (Å²) in [7, 11) is 0. The smallest absolute Gasteiger partial charge is 0.0472 e. The Hall–Kier alpha value is -0.970. The molecule has 0 spiro atoms. The summed E-state index contributed by atoms with van der Waals surface area (Å²) >= 11 is 0. The van der Waals surface area contributed by atoms with Gasteiger partial charge in [0.15, 0.2) is 0 Å². The highest BCUT2D eigenvalue weighted by Gasteiger charge is 2.29. The van der Waals surface area contributed by atoms with Crippen LogP contribution >= 0.6 is 0 Å². The van der Waals surface area contributed by atoms with Crippen molar-refractivity contribution in [3.8, 4) is 0 Å². The van der Waals surface area contributed by atoms with E-state index in [-0.39, 0.29) is 0 Å². The first-order valence-electron chi connectivity index (χ1n) is 7.38. The maximum atomic E-state index is 6.01. The molecule has 2 unspecified atom stereocenters. The number of rotatable bonds is 5. The Balaban J connectivity index is 2.08. The van der Waals surface area contributed by atoms with Crippen molar-refractivity contribution in [3.05, 3.63) is 30.1 Å². The Morgan fingerprint density at radius 1 is 1.32 bits per heavy atom. The van der Waals surface area contributed by atoms with Gasteiger partial charge in [-0.2, -0.15) is 0 Å². The van der Waals surface area contributed by atoms with Gasteiger partial charge in [-0.1, -0.05) is 13.8 Å². The molecule has 0 radical (unpaired) electrons. The van der Waals surface area contributed by atoms with E-state index in [1.165, 1.54) is 12.0 Å². The Morgan fingerprint density at radius 3 is 2.63 bits per heavy atom. The maximum Gasteiger partial charge on any atom is 0.0472 e. The van der Waals surface area contributed by atoms with Gasteiger partial charge in [0.2, 0.25) is 0 Å². The second-order valence-electron chi connectivity index (χ2n) is 5.22. The van der Waals surface area contributed by atoms with Crippen molar-refractivity contribution in [3.63, 3.8) is 0 Å². The molecule has 4 nitrogen and oxygen atoms in total. The first-order valence-corrected chi connectivity index (χ1v) is 7.38. The molecule has 2 atom stereocenters. The van der Waals surface area contributed by atoms with Gasteiger partial charge in [0.25, 0.3) is 0 Å². The van der Waals surface area contributed by atoms with E-state index in [2.05, 4.69) is 40.8 Å². The molecule has 1 saturated heterocycles. The van der Waals surface area contributed by atoms with Crippen LogP contribution in [0.5, 0.6) is 0 Å². The molecule has 1 aromatic heterocycles. The summed E-state index contributed by atoms with van der Waals surface area (Å²) in [5.74, 6) is 0. The number of hydrogen-bond acceptors (Lipinski definition) is 4. The van der Waals surface area contributed by atoms with Crippen molar-refractivity contribution in [2.75, 3.05) is 32.7 Å². The van der Waals surface area contributed by atoms with Crippen LogP contribution in [0.25, 0.3) is 0 Å². The molecule has 1 aliphatic rings. The lowest BCUT2D eigenvalue weighted by molar-refractivity contribution is 0.0509.